The van der Waals surface area contributed by atoms with Crippen molar-refractivity contribution in [1.29, 1.82) is 0 Å². The molecule has 1 aliphatic rings. The molecular formula is C22H35NO3. The van der Waals surface area contributed by atoms with Crippen LogP contribution in [0.5, 0.6) is 0 Å². The third-order valence-electron chi connectivity index (χ3n) is 6.35. The Labute approximate surface area is 158 Å². The van der Waals surface area contributed by atoms with Gasteiger partial charge in [-0.3, -0.25) is 4.79 Å². The van der Waals surface area contributed by atoms with E-state index in [1.165, 1.54) is 12.8 Å². The van der Waals surface area contributed by atoms with Crippen LogP contribution in [0.1, 0.15) is 58.6 Å². The summed E-state index contributed by atoms with van der Waals surface area (Å²) in [6, 6.07) is 9.09. The van der Waals surface area contributed by atoms with Crippen LogP contribution in [0.3, 0.4) is 0 Å². The lowest BCUT2D eigenvalue weighted by Gasteiger charge is -2.40. The third kappa shape index (κ3) is 4.86. The van der Waals surface area contributed by atoms with Crippen LogP contribution in [-0.2, 0) is 9.53 Å². The molecule has 1 fully saturated rings. The van der Waals surface area contributed by atoms with Gasteiger partial charge in [0.25, 0.3) is 0 Å². The molecule has 1 aromatic rings. The summed E-state index contributed by atoms with van der Waals surface area (Å²) < 4.78 is 5.79. The number of carbonyl (C=O) groups excluding carboxylic acids is 1. The van der Waals surface area contributed by atoms with Gasteiger partial charge < -0.3 is 15.2 Å². The Morgan fingerprint density at radius 3 is 2.46 bits per heavy atom. The van der Waals surface area contributed by atoms with E-state index in [1.807, 2.05) is 44.2 Å². The first-order chi connectivity index (χ1) is 12.4. The first-order valence-corrected chi connectivity index (χ1v) is 9.93. The highest BCUT2D eigenvalue weighted by Crippen LogP contribution is 2.39. The average Bonchev–Trinajstić information content (AvgIpc) is 2.65. The molecule has 1 amide bonds. The van der Waals surface area contributed by atoms with Crippen LogP contribution in [0.25, 0.3) is 0 Å². The highest BCUT2D eigenvalue weighted by atomic mass is 16.5. The first-order valence-electron chi connectivity index (χ1n) is 9.93. The lowest BCUT2D eigenvalue weighted by Crippen LogP contribution is -2.47. The fourth-order valence-electron chi connectivity index (χ4n) is 4.36. The van der Waals surface area contributed by atoms with Crippen LogP contribution in [-0.4, -0.2) is 30.3 Å². The second-order valence-corrected chi connectivity index (χ2v) is 8.07. The molecule has 7 atom stereocenters. The molecule has 2 unspecified atom stereocenters. The van der Waals surface area contributed by atoms with Crippen LogP contribution in [0.2, 0.25) is 0 Å². The standard InChI is InChI=1S/C22H35NO3/c1-14-10-9-13-19(15(14)2)21(26-5)16(3)22(25)23-17(4)20(24)18-11-7-6-8-12-18/h6-8,11-12,14-17,19-21,24H,9-10,13H2,1-5H3,(H,23,25)/t14?,15?,16-,17-,19-,20-,21-/m1/s1. The maximum Gasteiger partial charge on any atom is 0.225 e. The van der Waals surface area contributed by atoms with E-state index in [-0.39, 0.29) is 24.0 Å². The number of aliphatic hydroxyl groups excluding tert-OH is 1. The molecule has 1 aromatic carbocycles. The monoisotopic (exact) mass is 361 g/mol. The number of ether oxygens (including phenoxy) is 1. The fourth-order valence-corrected chi connectivity index (χ4v) is 4.36. The van der Waals surface area contributed by atoms with Crippen LogP contribution in [0.15, 0.2) is 30.3 Å². The van der Waals surface area contributed by atoms with Crippen molar-refractivity contribution in [3.8, 4) is 0 Å². The smallest absolute Gasteiger partial charge is 0.225 e. The second kappa shape index (κ2) is 9.52. The number of hydrogen-bond acceptors (Lipinski definition) is 3. The van der Waals surface area contributed by atoms with Gasteiger partial charge in [-0.1, -0.05) is 63.9 Å². The normalized spacial score (nSPS) is 28.0. The van der Waals surface area contributed by atoms with Crippen molar-refractivity contribution in [2.24, 2.45) is 23.7 Å². The molecule has 0 aliphatic heterocycles. The molecule has 0 radical (unpaired) electrons. The SMILES string of the molecule is CO[C@@H]([C@@H]1CCCC(C)C1C)[C@@H](C)C(=O)N[C@H](C)[C@@H](O)c1ccccc1. The molecule has 0 heterocycles. The lowest BCUT2D eigenvalue weighted by atomic mass is 9.69. The van der Waals surface area contributed by atoms with Gasteiger partial charge in [-0.25, -0.2) is 0 Å². The second-order valence-electron chi connectivity index (χ2n) is 8.07. The highest BCUT2D eigenvalue weighted by molar-refractivity contribution is 5.79. The van der Waals surface area contributed by atoms with E-state index in [2.05, 4.69) is 19.2 Å². The highest BCUT2D eigenvalue weighted by Gasteiger charge is 2.38. The van der Waals surface area contributed by atoms with Gasteiger partial charge in [-0.15, -0.1) is 0 Å². The Balaban J connectivity index is 2.00. The predicted molar refractivity (Wildman–Crippen MR) is 105 cm³/mol. The van der Waals surface area contributed by atoms with Gasteiger partial charge in [-0.05, 0) is 36.7 Å². The molecule has 2 N–H and O–H groups in total. The molecule has 1 aliphatic carbocycles. The van der Waals surface area contributed by atoms with Gasteiger partial charge in [0.05, 0.1) is 24.2 Å². The van der Waals surface area contributed by atoms with Crippen molar-refractivity contribution in [2.75, 3.05) is 7.11 Å². The van der Waals surface area contributed by atoms with Gasteiger partial charge in [0.15, 0.2) is 0 Å². The van der Waals surface area contributed by atoms with E-state index in [0.717, 1.165) is 12.0 Å². The van der Waals surface area contributed by atoms with E-state index >= 15 is 0 Å². The fraction of sp³-hybridized carbons (Fsp3) is 0.682. The van der Waals surface area contributed by atoms with Gasteiger partial charge in [0.2, 0.25) is 5.91 Å². The van der Waals surface area contributed by atoms with E-state index in [0.29, 0.717) is 17.8 Å². The average molecular weight is 362 g/mol. The zero-order chi connectivity index (χ0) is 19.3. The number of aliphatic hydroxyl groups is 1. The zero-order valence-corrected chi connectivity index (χ0v) is 16.8. The maximum absolute atomic E-state index is 12.8. The number of carbonyl (C=O) groups is 1. The lowest BCUT2D eigenvalue weighted by molar-refractivity contribution is -0.133. The Bertz CT molecular complexity index is 562. The zero-order valence-electron chi connectivity index (χ0n) is 16.8. The van der Waals surface area contributed by atoms with E-state index < -0.39 is 6.10 Å². The quantitative estimate of drug-likeness (QED) is 0.773. The van der Waals surface area contributed by atoms with Crippen molar-refractivity contribution in [3.05, 3.63) is 35.9 Å². The third-order valence-corrected chi connectivity index (χ3v) is 6.35. The summed E-state index contributed by atoms with van der Waals surface area (Å²) in [6.07, 6.45) is 2.77. The first kappa shape index (κ1) is 20.9. The largest absolute Gasteiger partial charge is 0.386 e. The van der Waals surface area contributed by atoms with Crippen LogP contribution in [0, 0.1) is 23.7 Å². The van der Waals surface area contributed by atoms with Gasteiger partial charge in [0.1, 0.15) is 0 Å². The van der Waals surface area contributed by atoms with Crippen molar-refractivity contribution in [3.63, 3.8) is 0 Å². The summed E-state index contributed by atoms with van der Waals surface area (Å²) in [5.41, 5.74) is 0.811. The summed E-state index contributed by atoms with van der Waals surface area (Å²) in [5.74, 6) is 1.32. The van der Waals surface area contributed by atoms with Crippen molar-refractivity contribution < 1.29 is 14.6 Å². The number of hydrogen-bond donors (Lipinski definition) is 2. The molecule has 0 bridgehead atoms. The molecule has 0 saturated heterocycles. The number of nitrogens with one attached hydrogen (secondary N) is 1. The minimum absolute atomic E-state index is 0.0512. The van der Waals surface area contributed by atoms with Crippen molar-refractivity contribution >= 4 is 5.91 Å². The summed E-state index contributed by atoms with van der Waals surface area (Å²) in [4.78, 5) is 12.8. The van der Waals surface area contributed by atoms with Gasteiger partial charge in [0, 0.05) is 7.11 Å². The predicted octanol–water partition coefficient (Wildman–Crippen LogP) is 3.95. The number of benzene rings is 1. The molecule has 146 valence electrons. The molecule has 1 saturated carbocycles. The van der Waals surface area contributed by atoms with E-state index in [4.69, 9.17) is 4.74 Å². The molecule has 0 aromatic heterocycles. The number of methoxy groups -OCH3 is 1. The summed E-state index contributed by atoms with van der Waals surface area (Å²) in [6.45, 7) is 8.37. The maximum atomic E-state index is 12.8. The van der Waals surface area contributed by atoms with Gasteiger partial charge >= 0.3 is 0 Å². The van der Waals surface area contributed by atoms with Crippen molar-refractivity contribution in [2.45, 2.75) is 65.2 Å². The van der Waals surface area contributed by atoms with Gasteiger partial charge in [-0.2, -0.15) is 0 Å². The number of rotatable bonds is 7. The minimum atomic E-state index is -0.720. The van der Waals surface area contributed by atoms with Crippen molar-refractivity contribution in [1.82, 2.24) is 5.32 Å². The summed E-state index contributed by atoms with van der Waals surface area (Å²) in [7, 11) is 1.71. The molecular weight excluding hydrogens is 326 g/mol. The van der Waals surface area contributed by atoms with E-state index in [1.54, 1.807) is 7.11 Å². The molecule has 26 heavy (non-hydrogen) atoms. The minimum Gasteiger partial charge on any atom is -0.386 e. The molecule has 0 spiro atoms. The molecule has 4 nitrogen and oxygen atoms in total. The molecule has 2 rings (SSSR count). The van der Waals surface area contributed by atoms with Crippen LogP contribution in [0.4, 0.5) is 0 Å². The van der Waals surface area contributed by atoms with Crippen LogP contribution >= 0.6 is 0 Å². The van der Waals surface area contributed by atoms with Crippen LogP contribution < -0.4 is 5.32 Å². The Kier molecular flexibility index (Phi) is 7.66. The van der Waals surface area contributed by atoms with E-state index in [9.17, 15) is 9.90 Å². The molecule has 4 heteroatoms. The Morgan fingerprint density at radius 1 is 1.19 bits per heavy atom. The Hall–Kier alpha value is -1.39. The topological polar surface area (TPSA) is 58.6 Å². The summed E-state index contributed by atoms with van der Waals surface area (Å²) >= 11 is 0. The summed E-state index contributed by atoms with van der Waals surface area (Å²) in [5, 5.41) is 13.5. The number of amides is 1. The Morgan fingerprint density at radius 2 is 1.85 bits per heavy atom.